The molecular weight excluding hydrogens is 169 g/mol. The summed E-state index contributed by atoms with van der Waals surface area (Å²) in [6.07, 6.45) is 1.58. The van der Waals surface area contributed by atoms with Crippen molar-refractivity contribution >= 4 is 17.3 Å². The van der Waals surface area contributed by atoms with E-state index in [1.54, 1.807) is 6.20 Å². The van der Waals surface area contributed by atoms with Gasteiger partial charge in [-0.05, 0) is 5.92 Å². The number of nitrogens with zero attached hydrogens (tertiary/aromatic N) is 1. The number of carboxylic acid groups (broad SMARTS) is 1. The van der Waals surface area contributed by atoms with E-state index in [1.165, 1.54) is 11.3 Å². The molecule has 0 aliphatic rings. The van der Waals surface area contributed by atoms with Gasteiger partial charge in [-0.15, -0.1) is 11.3 Å². The number of carboxylic acids is 1. The van der Waals surface area contributed by atoms with Crippen molar-refractivity contribution in [2.24, 2.45) is 0 Å². The Hall–Kier alpha value is -0.303. The van der Waals surface area contributed by atoms with Crippen molar-refractivity contribution in [3.8, 4) is 0 Å². The summed E-state index contributed by atoms with van der Waals surface area (Å²) in [6, 6.07) is 0. The Morgan fingerprint density at radius 3 is 2.50 bits per heavy atom. The second-order valence-corrected chi connectivity index (χ2v) is 3.57. The molecule has 0 aliphatic carbocycles. The number of thiazole rings is 1. The van der Waals surface area contributed by atoms with Crippen molar-refractivity contribution in [2.45, 2.75) is 19.8 Å². The van der Waals surface area contributed by atoms with Crippen molar-refractivity contribution in [1.29, 1.82) is 0 Å². The third-order valence-electron chi connectivity index (χ3n) is 1.27. The summed E-state index contributed by atoms with van der Waals surface area (Å²) >= 11 is 1.18. The molecule has 0 spiro atoms. The van der Waals surface area contributed by atoms with Gasteiger partial charge in [-0.3, -0.25) is 0 Å². The van der Waals surface area contributed by atoms with Crippen molar-refractivity contribution in [1.82, 2.24) is 4.98 Å². The molecule has 0 N–H and O–H groups in total. The standard InChI is InChI=1S/C7H9NO2S.Li/c1-4(2)5-3-8-6(11-5)7(9)10;/h3-4H,1-2H3,(H,9,10);/q;+1/p-1. The molecule has 0 saturated heterocycles. The summed E-state index contributed by atoms with van der Waals surface area (Å²) < 4.78 is 0. The van der Waals surface area contributed by atoms with Gasteiger partial charge in [-0.2, -0.15) is 0 Å². The Morgan fingerprint density at radius 1 is 1.67 bits per heavy atom. The zero-order valence-electron chi connectivity index (χ0n) is 7.33. The maximum Gasteiger partial charge on any atom is 1.00 e. The summed E-state index contributed by atoms with van der Waals surface area (Å²) in [4.78, 5) is 14.9. The largest absolute Gasteiger partial charge is 1.00 e. The third kappa shape index (κ3) is 2.63. The summed E-state index contributed by atoms with van der Waals surface area (Å²) in [7, 11) is 0. The fourth-order valence-corrected chi connectivity index (χ4v) is 1.40. The number of carbonyl (C=O) groups is 1. The van der Waals surface area contributed by atoms with E-state index in [9.17, 15) is 9.90 Å². The van der Waals surface area contributed by atoms with E-state index in [-0.39, 0.29) is 23.9 Å². The van der Waals surface area contributed by atoms with Gasteiger partial charge in [-0.25, -0.2) is 4.98 Å². The van der Waals surface area contributed by atoms with Gasteiger partial charge < -0.3 is 9.90 Å². The molecule has 1 aromatic rings. The van der Waals surface area contributed by atoms with Gasteiger partial charge in [0.1, 0.15) is 11.0 Å². The summed E-state index contributed by atoms with van der Waals surface area (Å²) in [5.41, 5.74) is 0. The first-order valence-electron chi connectivity index (χ1n) is 3.28. The van der Waals surface area contributed by atoms with Gasteiger partial charge in [-0.1, -0.05) is 13.8 Å². The number of carbonyl (C=O) groups excluding carboxylic acids is 1. The second-order valence-electron chi connectivity index (χ2n) is 2.51. The number of aromatic carboxylic acids is 1. The van der Waals surface area contributed by atoms with Gasteiger partial charge in [0.05, 0.1) is 0 Å². The van der Waals surface area contributed by atoms with E-state index in [4.69, 9.17) is 0 Å². The van der Waals surface area contributed by atoms with Gasteiger partial charge >= 0.3 is 18.9 Å². The van der Waals surface area contributed by atoms with Crippen molar-refractivity contribution in [3.05, 3.63) is 16.1 Å². The first-order valence-corrected chi connectivity index (χ1v) is 4.10. The van der Waals surface area contributed by atoms with E-state index >= 15 is 0 Å². The predicted octanol–water partition coefficient (Wildman–Crippen LogP) is -2.37. The van der Waals surface area contributed by atoms with E-state index in [1.807, 2.05) is 13.8 Å². The van der Waals surface area contributed by atoms with Crippen LogP contribution in [-0.4, -0.2) is 11.0 Å². The Labute approximate surface area is 87.0 Å². The Morgan fingerprint density at radius 2 is 2.25 bits per heavy atom. The van der Waals surface area contributed by atoms with Crippen LogP contribution in [0.4, 0.5) is 0 Å². The maximum atomic E-state index is 10.3. The summed E-state index contributed by atoms with van der Waals surface area (Å²) in [6.45, 7) is 3.99. The molecule has 0 radical (unpaired) electrons. The van der Waals surface area contributed by atoms with Crippen molar-refractivity contribution in [2.75, 3.05) is 0 Å². The normalized spacial score (nSPS) is 9.58. The monoisotopic (exact) mass is 177 g/mol. The number of hydrogen-bond donors (Lipinski definition) is 0. The van der Waals surface area contributed by atoms with Crippen LogP contribution in [0.3, 0.4) is 0 Å². The average Bonchev–Trinajstić information content (AvgIpc) is 2.33. The van der Waals surface area contributed by atoms with E-state index in [0.29, 0.717) is 5.92 Å². The van der Waals surface area contributed by atoms with Crippen LogP contribution in [0.1, 0.15) is 34.4 Å². The van der Waals surface area contributed by atoms with Crippen LogP contribution in [-0.2, 0) is 0 Å². The first kappa shape index (κ1) is 11.7. The molecule has 0 unspecified atom stereocenters. The number of hydrogen-bond acceptors (Lipinski definition) is 4. The molecule has 5 heteroatoms. The van der Waals surface area contributed by atoms with Gasteiger partial charge in [0.2, 0.25) is 0 Å². The smallest absolute Gasteiger partial charge is 0.542 e. The van der Waals surface area contributed by atoms with Crippen LogP contribution in [0.5, 0.6) is 0 Å². The molecule has 0 aromatic carbocycles. The number of aromatic nitrogens is 1. The molecular formula is C7H8LiNO2S. The molecule has 12 heavy (non-hydrogen) atoms. The van der Waals surface area contributed by atoms with Gasteiger partial charge in [0.25, 0.3) is 0 Å². The van der Waals surface area contributed by atoms with Crippen LogP contribution in [0, 0.1) is 0 Å². The van der Waals surface area contributed by atoms with Crippen LogP contribution >= 0.6 is 11.3 Å². The maximum absolute atomic E-state index is 10.3. The molecule has 0 amide bonds. The second kappa shape index (κ2) is 4.66. The molecule has 0 saturated carbocycles. The minimum atomic E-state index is -1.19. The SMILES string of the molecule is CC(C)c1cnc(C(=O)[O-])s1.[Li+]. The van der Waals surface area contributed by atoms with Crippen molar-refractivity contribution < 1.29 is 28.8 Å². The fraction of sp³-hybridized carbons (Fsp3) is 0.429. The quantitative estimate of drug-likeness (QED) is 0.475. The van der Waals surface area contributed by atoms with Crippen LogP contribution in [0.15, 0.2) is 6.20 Å². The molecule has 1 rings (SSSR count). The molecule has 60 valence electrons. The molecule has 0 bridgehead atoms. The molecule has 0 fully saturated rings. The zero-order valence-corrected chi connectivity index (χ0v) is 8.14. The summed E-state index contributed by atoms with van der Waals surface area (Å²) in [5.74, 6) is -0.859. The molecule has 1 heterocycles. The van der Waals surface area contributed by atoms with Crippen LogP contribution in [0.2, 0.25) is 0 Å². The minimum Gasteiger partial charge on any atom is -0.542 e. The molecule has 0 aliphatic heterocycles. The van der Waals surface area contributed by atoms with Crippen LogP contribution < -0.4 is 24.0 Å². The molecule has 3 nitrogen and oxygen atoms in total. The molecule has 0 atom stereocenters. The molecule has 1 aromatic heterocycles. The Kier molecular flexibility index (Phi) is 4.54. The predicted molar refractivity (Wildman–Crippen MR) is 40.5 cm³/mol. The Bertz CT molecular complexity index is 272. The minimum absolute atomic E-state index is 0. The zero-order chi connectivity index (χ0) is 8.43. The van der Waals surface area contributed by atoms with E-state index < -0.39 is 5.97 Å². The van der Waals surface area contributed by atoms with Crippen molar-refractivity contribution in [3.63, 3.8) is 0 Å². The van der Waals surface area contributed by atoms with E-state index in [0.717, 1.165) is 4.88 Å². The Balaban J connectivity index is 0.00000121. The topological polar surface area (TPSA) is 53.0 Å². The van der Waals surface area contributed by atoms with Crippen LogP contribution in [0.25, 0.3) is 0 Å². The fourth-order valence-electron chi connectivity index (χ4n) is 0.648. The number of rotatable bonds is 2. The summed E-state index contributed by atoms with van der Waals surface area (Å²) in [5, 5.41) is 10.3. The van der Waals surface area contributed by atoms with Gasteiger partial charge in [0.15, 0.2) is 0 Å². The third-order valence-corrected chi connectivity index (χ3v) is 2.55. The van der Waals surface area contributed by atoms with E-state index in [2.05, 4.69) is 4.98 Å². The first-order chi connectivity index (χ1) is 5.11. The van der Waals surface area contributed by atoms with Gasteiger partial charge in [0, 0.05) is 11.1 Å². The average molecular weight is 177 g/mol.